The van der Waals surface area contributed by atoms with E-state index in [0.717, 1.165) is 19.4 Å². The van der Waals surface area contributed by atoms with E-state index in [1.165, 1.54) is 0 Å². The zero-order valence-electron chi connectivity index (χ0n) is 12.4. The van der Waals surface area contributed by atoms with Crippen molar-refractivity contribution in [2.45, 2.75) is 25.6 Å². The van der Waals surface area contributed by atoms with Crippen LogP contribution >= 0.6 is 11.6 Å². The van der Waals surface area contributed by atoms with Crippen LogP contribution in [-0.2, 0) is 11.3 Å². The molecule has 1 saturated heterocycles. The lowest BCUT2D eigenvalue weighted by Gasteiger charge is -2.09. The predicted molar refractivity (Wildman–Crippen MR) is 84.5 cm³/mol. The first-order valence-electron chi connectivity index (χ1n) is 7.38. The number of nitrogens with zero attached hydrogens (tertiary/aromatic N) is 2. The van der Waals surface area contributed by atoms with Crippen LogP contribution < -0.4 is 10.1 Å². The Hall–Kier alpha value is -2.23. The molecule has 1 atom stereocenters. The molecule has 0 saturated carbocycles. The van der Waals surface area contributed by atoms with Crippen molar-refractivity contribution in [3.8, 4) is 11.8 Å². The first-order chi connectivity index (χ1) is 11.2. The molecule has 1 aliphatic rings. The van der Waals surface area contributed by atoms with Gasteiger partial charge in [-0.15, -0.1) is 0 Å². The van der Waals surface area contributed by atoms with Crippen molar-refractivity contribution in [2.24, 2.45) is 0 Å². The van der Waals surface area contributed by atoms with Gasteiger partial charge in [-0.05, 0) is 31.0 Å². The SMILES string of the molecule is N#Cc1nc(COc2cccc(Cl)c2)oc1NCC1CCCO1. The Morgan fingerprint density at radius 2 is 2.39 bits per heavy atom. The van der Waals surface area contributed by atoms with E-state index in [9.17, 15) is 0 Å². The molecule has 0 spiro atoms. The highest BCUT2D eigenvalue weighted by atomic mass is 35.5. The maximum absolute atomic E-state index is 9.14. The van der Waals surface area contributed by atoms with Crippen LogP contribution in [-0.4, -0.2) is 24.2 Å². The third kappa shape index (κ3) is 4.15. The molecule has 2 aromatic rings. The fraction of sp³-hybridized carbons (Fsp3) is 0.375. The third-order valence-corrected chi connectivity index (χ3v) is 3.69. The van der Waals surface area contributed by atoms with Crippen LogP contribution in [0.4, 0.5) is 5.88 Å². The van der Waals surface area contributed by atoms with E-state index >= 15 is 0 Å². The van der Waals surface area contributed by atoms with Crippen LogP contribution in [0.25, 0.3) is 0 Å². The number of ether oxygens (including phenoxy) is 2. The summed E-state index contributed by atoms with van der Waals surface area (Å²) in [7, 11) is 0. The van der Waals surface area contributed by atoms with Crippen molar-refractivity contribution < 1.29 is 13.9 Å². The van der Waals surface area contributed by atoms with Gasteiger partial charge in [0.2, 0.25) is 17.5 Å². The molecule has 0 bridgehead atoms. The Morgan fingerprint density at radius 3 is 3.13 bits per heavy atom. The molecule has 2 heterocycles. The lowest BCUT2D eigenvalue weighted by Crippen LogP contribution is -2.18. The number of hydrogen-bond donors (Lipinski definition) is 1. The molecule has 7 heteroatoms. The Labute approximate surface area is 139 Å². The summed E-state index contributed by atoms with van der Waals surface area (Å²) < 4.78 is 16.6. The van der Waals surface area contributed by atoms with Gasteiger partial charge in [-0.25, -0.2) is 0 Å². The molecule has 1 N–H and O–H groups in total. The summed E-state index contributed by atoms with van der Waals surface area (Å²) in [6.07, 6.45) is 2.22. The molecule has 0 amide bonds. The number of oxazole rings is 1. The molecule has 23 heavy (non-hydrogen) atoms. The summed E-state index contributed by atoms with van der Waals surface area (Å²) in [5, 5.41) is 12.8. The topological polar surface area (TPSA) is 80.3 Å². The van der Waals surface area contributed by atoms with E-state index in [2.05, 4.69) is 10.3 Å². The Morgan fingerprint density at radius 1 is 1.48 bits per heavy atom. The molecule has 120 valence electrons. The van der Waals surface area contributed by atoms with Gasteiger partial charge in [0.25, 0.3) is 0 Å². The number of hydrogen-bond acceptors (Lipinski definition) is 6. The fourth-order valence-corrected chi connectivity index (χ4v) is 2.52. The lowest BCUT2D eigenvalue weighted by atomic mass is 10.2. The second-order valence-corrected chi connectivity index (χ2v) is 5.60. The quantitative estimate of drug-likeness (QED) is 0.873. The van der Waals surface area contributed by atoms with Crippen molar-refractivity contribution in [3.05, 3.63) is 40.9 Å². The highest BCUT2D eigenvalue weighted by molar-refractivity contribution is 6.30. The maximum atomic E-state index is 9.14. The van der Waals surface area contributed by atoms with Crippen molar-refractivity contribution in [1.82, 2.24) is 4.98 Å². The second-order valence-electron chi connectivity index (χ2n) is 5.16. The number of nitrogens with one attached hydrogen (secondary N) is 1. The Bertz CT molecular complexity index is 705. The zero-order chi connectivity index (χ0) is 16.1. The van der Waals surface area contributed by atoms with Crippen molar-refractivity contribution in [1.29, 1.82) is 5.26 Å². The van der Waals surface area contributed by atoms with Crippen molar-refractivity contribution in [2.75, 3.05) is 18.5 Å². The average molecular weight is 334 g/mol. The molecule has 3 rings (SSSR count). The van der Waals surface area contributed by atoms with Crippen LogP contribution in [0.5, 0.6) is 5.75 Å². The van der Waals surface area contributed by atoms with Gasteiger partial charge in [-0.1, -0.05) is 17.7 Å². The molecule has 1 fully saturated rings. The minimum Gasteiger partial charge on any atom is -0.484 e. The van der Waals surface area contributed by atoms with Crippen LogP contribution in [0.2, 0.25) is 5.02 Å². The van der Waals surface area contributed by atoms with Gasteiger partial charge in [0.1, 0.15) is 11.8 Å². The van der Waals surface area contributed by atoms with Crippen LogP contribution in [0.1, 0.15) is 24.4 Å². The van der Waals surface area contributed by atoms with Crippen molar-refractivity contribution in [3.63, 3.8) is 0 Å². The minimum atomic E-state index is 0.122. The predicted octanol–water partition coefficient (Wildman–Crippen LogP) is 3.37. The third-order valence-electron chi connectivity index (χ3n) is 3.45. The Kier molecular flexibility index (Phi) is 5.01. The summed E-state index contributed by atoms with van der Waals surface area (Å²) in [5.41, 5.74) is 0.215. The van der Waals surface area contributed by atoms with E-state index in [1.807, 2.05) is 6.07 Å². The van der Waals surface area contributed by atoms with Crippen LogP contribution in [0.3, 0.4) is 0 Å². The average Bonchev–Trinajstić information content (AvgIpc) is 3.20. The van der Waals surface area contributed by atoms with E-state index < -0.39 is 0 Å². The lowest BCUT2D eigenvalue weighted by molar-refractivity contribution is 0.120. The Balaban J connectivity index is 1.60. The number of anilines is 1. The fourth-order valence-electron chi connectivity index (χ4n) is 2.34. The van der Waals surface area contributed by atoms with E-state index in [1.54, 1.807) is 24.3 Å². The van der Waals surface area contributed by atoms with E-state index in [0.29, 0.717) is 29.1 Å². The highest BCUT2D eigenvalue weighted by Crippen LogP contribution is 2.21. The first kappa shape index (κ1) is 15.7. The molecule has 1 aromatic heterocycles. The molecule has 6 nitrogen and oxygen atoms in total. The smallest absolute Gasteiger partial charge is 0.236 e. The first-order valence-corrected chi connectivity index (χ1v) is 7.76. The molecule has 1 aromatic carbocycles. The van der Waals surface area contributed by atoms with E-state index in [4.69, 9.17) is 30.8 Å². The normalized spacial score (nSPS) is 17.0. The number of halogens is 1. The number of rotatable bonds is 6. The molecule has 0 aliphatic carbocycles. The van der Waals surface area contributed by atoms with E-state index in [-0.39, 0.29) is 18.4 Å². The summed E-state index contributed by atoms with van der Waals surface area (Å²) in [4.78, 5) is 4.12. The standard InChI is InChI=1S/C16H16ClN3O3/c17-11-3-1-4-12(7-11)22-10-15-20-14(8-18)16(23-15)19-9-13-5-2-6-21-13/h1,3-4,7,13,19H,2,5-6,9-10H2. The van der Waals surface area contributed by atoms with Gasteiger partial charge in [0.15, 0.2) is 6.61 Å². The largest absolute Gasteiger partial charge is 0.484 e. The van der Waals surface area contributed by atoms with Gasteiger partial charge in [0, 0.05) is 18.2 Å². The summed E-state index contributed by atoms with van der Waals surface area (Å²) in [5.74, 6) is 1.30. The molecule has 1 aliphatic heterocycles. The van der Waals surface area contributed by atoms with Crippen LogP contribution in [0.15, 0.2) is 28.7 Å². The van der Waals surface area contributed by atoms with Crippen LogP contribution in [0, 0.1) is 11.3 Å². The molecule has 1 unspecified atom stereocenters. The highest BCUT2D eigenvalue weighted by Gasteiger charge is 2.18. The monoisotopic (exact) mass is 333 g/mol. The van der Waals surface area contributed by atoms with Gasteiger partial charge in [0.05, 0.1) is 6.10 Å². The summed E-state index contributed by atoms with van der Waals surface area (Å²) in [6, 6.07) is 9.06. The molecular formula is C16H16ClN3O3. The maximum Gasteiger partial charge on any atom is 0.236 e. The minimum absolute atomic E-state index is 0.122. The van der Waals surface area contributed by atoms with Gasteiger partial charge in [-0.2, -0.15) is 10.2 Å². The van der Waals surface area contributed by atoms with Gasteiger partial charge in [-0.3, -0.25) is 0 Å². The van der Waals surface area contributed by atoms with Crippen molar-refractivity contribution >= 4 is 17.5 Å². The van der Waals surface area contributed by atoms with Gasteiger partial charge < -0.3 is 19.2 Å². The number of nitriles is 1. The second kappa shape index (κ2) is 7.36. The number of benzene rings is 1. The molecular weight excluding hydrogens is 318 g/mol. The number of aromatic nitrogens is 1. The summed E-state index contributed by atoms with van der Waals surface area (Å²) >= 11 is 5.90. The van der Waals surface area contributed by atoms with Gasteiger partial charge >= 0.3 is 0 Å². The zero-order valence-corrected chi connectivity index (χ0v) is 13.2. The summed E-state index contributed by atoms with van der Waals surface area (Å²) in [6.45, 7) is 1.50. The molecule has 0 radical (unpaired) electrons.